The van der Waals surface area contributed by atoms with Crippen LogP contribution in [0.15, 0.2) is 29.2 Å². The number of thiocarbonyl (C=S) groups is 1. The van der Waals surface area contributed by atoms with Crippen LogP contribution in [-0.2, 0) is 14.8 Å². The third-order valence-corrected chi connectivity index (χ3v) is 7.43. The fourth-order valence-corrected chi connectivity index (χ4v) is 4.70. The number of rotatable bonds is 5. The lowest BCUT2D eigenvalue weighted by Gasteiger charge is -2.25. The second-order valence-corrected chi connectivity index (χ2v) is 9.53. The lowest BCUT2D eigenvalue weighted by atomic mass is 10.2. The highest BCUT2D eigenvalue weighted by atomic mass is 32.2. The smallest absolute Gasteiger partial charge is 0.243 e. The molecule has 2 rings (SSSR count). The molecule has 25 heavy (non-hydrogen) atoms. The van der Waals surface area contributed by atoms with E-state index in [9.17, 15) is 13.2 Å². The Hall–Kier alpha value is -1.16. The van der Waals surface area contributed by atoms with Crippen molar-refractivity contribution in [3.8, 4) is 0 Å². The summed E-state index contributed by atoms with van der Waals surface area (Å²) < 4.78 is 27.3. The maximum Gasteiger partial charge on any atom is 0.243 e. The van der Waals surface area contributed by atoms with Crippen LogP contribution in [0.1, 0.15) is 19.3 Å². The first-order valence-electron chi connectivity index (χ1n) is 8.05. The molecule has 0 radical (unpaired) electrons. The summed E-state index contributed by atoms with van der Waals surface area (Å²) in [5, 5.41) is 2.75. The highest BCUT2D eigenvalue weighted by Gasteiger charge is 2.25. The van der Waals surface area contributed by atoms with Crippen LogP contribution in [-0.4, -0.2) is 60.8 Å². The van der Waals surface area contributed by atoms with Gasteiger partial charge in [0.2, 0.25) is 15.9 Å². The maximum atomic E-state index is 12.6. The summed E-state index contributed by atoms with van der Waals surface area (Å²) in [6.07, 6.45) is 2.88. The SMILES string of the molecule is CN(C)C(=S)SCC(=O)Nc1ccc(S(=O)(=O)N2CCCCC2)cc1. The molecule has 0 unspecified atom stereocenters. The summed E-state index contributed by atoms with van der Waals surface area (Å²) >= 11 is 6.40. The molecule has 6 nitrogen and oxygen atoms in total. The molecule has 0 aromatic heterocycles. The van der Waals surface area contributed by atoms with Gasteiger partial charge in [-0.2, -0.15) is 4.31 Å². The maximum absolute atomic E-state index is 12.6. The Labute approximate surface area is 159 Å². The molecule has 1 aromatic rings. The molecule has 0 aliphatic carbocycles. The molecule has 1 N–H and O–H groups in total. The number of sulfonamides is 1. The van der Waals surface area contributed by atoms with Crippen molar-refractivity contribution < 1.29 is 13.2 Å². The van der Waals surface area contributed by atoms with Gasteiger partial charge in [-0.05, 0) is 37.1 Å². The van der Waals surface area contributed by atoms with Gasteiger partial charge in [0.15, 0.2) is 0 Å². The number of piperidine rings is 1. The zero-order valence-corrected chi connectivity index (χ0v) is 16.8. The molecule has 1 aliphatic rings. The Balaban J connectivity index is 1.95. The number of benzene rings is 1. The van der Waals surface area contributed by atoms with E-state index in [0.29, 0.717) is 23.1 Å². The number of nitrogens with zero attached hydrogens (tertiary/aromatic N) is 2. The molecular weight excluding hydrogens is 378 g/mol. The number of nitrogens with one attached hydrogen (secondary N) is 1. The van der Waals surface area contributed by atoms with Crippen molar-refractivity contribution in [2.24, 2.45) is 0 Å². The van der Waals surface area contributed by atoms with Gasteiger partial charge in [-0.25, -0.2) is 8.42 Å². The standard InChI is InChI=1S/C16H23N3O3S3/c1-18(2)16(23)24-12-15(20)17-13-6-8-14(9-7-13)25(21,22)19-10-4-3-5-11-19/h6-9H,3-5,10-12H2,1-2H3,(H,17,20). The van der Waals surface area contributed by atoms with E-state index < -0.39 is 10.0 Å². The van der Waals surface area contributed by atoms with Crippen LogP contribution in [0.4, 0.5) is 5.69 Å². The number of carbonyl (C=O) groups excluding carboxylic acids is 1. The van der Waals surface area contributed by atoms with E-state index in [1.54, 1.807) is 17.0 Å². The third kappa shape index (κ3) is 5.67. The predicted octanol–water partition coefficient (Wildman–Crippen LogP) is 2.38. The largest absolute Gasteiger partial charge is 0.364 e. The molecule has 138 valence electrons. The fraction of sp³-hybridized carbons (Fsp3) is 0.500. The van der Waals surface area contributed by atoms with Crippen molar-refractivity contribution in [2.45, 2.75) is 24.2 Å². The second-order valence-electron chi connectivity index (χ2n) is 5.99. The lowest BCUT2D eigenvalue weighted by Crippen LogP contribution is -2.35. The van der Waals surface area contributed by atoms with Gasteiger partial charge in [-0.15, -0.1) is 0 Å². The van der Waals surface area contributed by atoms with Crippen LogP contribution in [0.5, 0.6) is 0 Å². The summed E-state index contributed by atoms with van der Waals surface area (Å²) in [5.41, 5.74) is 0.568. The van der Waals surface area contributed by atoms with E-state index in [2.05, 4.69) is 5.32 Å². The molecule has 0 saturated carbocycles. The molecule has 0 atom stereocenters. The minimum absolute atomic E-state index is 0.180. The Morgan fingerprint density at radius 1 is 1.20 bits per heavy atom. The summed E-state index contributed by atoms with van der Waals surface area (Å²) in [6, 6.07) is 6.31. The zero-order chi connectivity index (χ0) is 18.4. The van der Waals surface area contributed by atoms with Crippen molar-refractivity contribution in [1.82, 2.24) is 9.21 Å². The molecule has 1 amide bonds. The number of hydrogen-bond acceptors (Lipinski definition) is 5. The topological polar surface area (TPSA) is 69.7 Å². The molecule has 1 fully saturated rings. The first-order chi connectivity index (χ1) is 11.8. The second kappa shape index (κ2) is 8.98. The van der Waals surface area contributed by atoms with Gasteiger partial charge in [-0.3, -0.25) is 4.79 Å². The minimum Gasteiger partial charge on any atom is -0.364 e. The van der Waals surface area contributed by atoms with E-state index in [4.69, 9.17) is 12.2 Å². The highest BCUT2D eigenvalue weighted by molar-refractivity contribution is 8.23. The van der Waals surface area contributed by atoms with E-state index >= 15 is 0 Å². The monoisotopic (exact) mass is 401 g/mol. The summed E-state index contributed by atoms with van der Waals surface area (Å²) in [6.45, 7) is 1.15. The van der Waals surface area contributed by atoms with Crippen molar-refractivity contribution in [2.75, 3.05) is 38.3 Å². The van der Waals surface area contributed by atoms with E-state index in [1.807, 2.05) is 14.1 Å². The number of carbonyl (C=O) groups is 1. The van der Waals surface area contributed by atoms with Crippen LogP contribution >= 0.6 is 24.0 Å². The highest BCUT2D eigenvalue weighted by Crippen LogP contribution is 2.22. The van der Waals surface area contributed by atoms with Crippen LogP contribution in [0.2, 0.25) is 0 Å². The normalized spacial score (nSPS) is 15.6. The number of thioether (sulfide) groups is 1. The van der Waals surface area contributed by atoms with Gasteiger partial charge in [0.1, 0.15) is 4.32 Å². The molecular formula is C16H23N3O3S3. The average Bonchev–Trinajstić information content (AvgIpc) is 2.60. The van der Waals surface area contributed by atoms with Gasteiger partial charge in [0.25, 0.3) is 0 Å². The predicted molar refractivity (Wildman–Crippen MR) is 106 cm³/mol. The summed E-state index contributed by atoms with van der Waals surface area (Å²) in [5.74, 6) is 0.0334. The third-order valence-electron chi connectivity index (χ3n) is 3.78. The Morgan fingerprint density at radius 2 is 1.80 bits per heavy atom. The van der Waals surface area contributed by atoms with Crippen molar-refractivity contribution in [1.29, 1.82) is 0 Å². The summed E-state index contributed by atoms with van der Waals surface area (Å²) in [7, 11) is 0.212. The number of hydrogen-bond donors (Lipinski definition) is 1. The quantitative estimate of drug-likeness (QED) is 0.764. The zero-order valence-electron chi connectivity index (χ0n) is 14.4. The van der Waals surface area contributed by atoms with Crippen LogP contribution in [0.3, 0.4) is 0 Å². The molecule has 1 aliphatic heterocycles. The molecule has 0 bridgehead atoms. The summed E-state index contributed by atoms with van der Waals surface area (Å²) in [4.78, 5) is 14.0. The average molecular weight is 402 g/mol. The molecule has 1 saturated heterocycles. The van der Waals surface area contributed by atoms with Crippen molar-refractivity contribution in [3.05, 3.63) is 24.3 Å². The van der Waals surface area contributed by atoms with Crippen LogP contribution in [0.25, 0.3) is 0 Å². The Morgan fingerprint density at radius 3 is 2.36 bits per heavy atom. The van der Waals surface area contributed by atoms with Crippen molar-refractivity contribution in [3.63, 3.8) is 0 Å². The van der Waals surface area contributed by atoms with Crippen LogP contribution in [0, 0.1) is 0 Å². The van der Waals surface area contributed by atoms with Crippen LogP contribution < -0.4 is 5.32 Å². The van der Waals surface area contributed by atoms with Gasteiger partial charge in [0.05, 0.1) is 10.6 Å². The van der Waals surface area contributed by atoms with E-state index in [-0.39, 0.29) is 16.6 Å². The molecule has 9 heteroatoms. The molecule has 0 spiro atoms. The molecule has 1 heterocycles. The van der Waals surface area contributed by atoms with E-state index in [0.717, 1.165) is 19.3 Å². The minimum atomic E-state index is -3.44. The Bertz CT molecular complexity index is 712. The van der Waals surface area contributed by atoms with Crippen molar-refractivity contribution >= 4 is 49.9 Å². The fourth-order valence-electron chi connectivity index (χ4n) is 2.42. The van der Waals surface area contributed by atoms with Gasteiger partial charge >= 0.3 is 0 Å². The first kappa shape index (κ1) is 20.2. The molecule has 1 aromatic carbocycles. The van der Waals surface area contributed by atoms with Gasteiger partial charge in [-0.1, -0.05) is 30.4 Å². The van der Waals surface area contributed by atoms with E-state index in [1.165, 1.54) is 28.2 Å². The Kier molecular flexibility index (Phi) is 7.24. The van der Waals surface area contributed by atoms with Gasteiger partial charge in [0, 0.05) is 32.9 Å². The number of amides is 1. The lowest BCUT2D eigenvalue weighted by molar-refractivity contribution is -0.113. The van der Waals surface area contributed by atoms with Gasteiger partial charge < -0.3 is 10.2 Å². The number of anilines is 1. The first-order valence-corrected chi connectivity index (χ1v) is 10.9.